The second-order valence-electron chi connectivity index (χ2n) is 5.20. The molecule has 0 fully saturated rings. The van der Waals surface area contributed by atoms with Gasteiger partial charge in [-0.15, -0.1) is 0 Å². The Labute approximate surface area is 129 Å². The van der Waals surface area contributed by atoms with Crippen LogP contribution in [0.1, 0.15) is 18.1 Å². The number of carbonyl (C=O) groups excluding carboxylic acids is 1. The molecule has 0 bridgehead atoms. The van der Waals surface area contributed by atoms with Gasteiger partial charge in [0.1, 0.15) is 5.75 Å². The maximum atomic E-state index is 11.9. The second kappa shape index (κ2) is 6.93. The molecular formula is C17H20N2O3. The zero-order chi connectivity index (χ0) is 16.1. The standard InChI is InChI=1S/C17H20N2O3/c1-4-19-10-14(5-6-17(19)21)18-16(20)11-22-15-8-12(2)7-13(3)9-15/h5-10H,4,11H2,1-3H3,(H,18,20). The summed E-state index contributed by atoms with van der Waals surface area (Å²) in [7, 11) is 0. The second-order valence-corrected chi connectivity index (χ2v) is 5.20. The number of hydrogen-bond donors (Lipinski definition) is 1. The summed E-state index contributed by atoms with van der Waals surface area (Å²) in [5, 5.41) is 2.72. The minimum absolute atomic E-state index is 0.0753. The van der Waals surface area contributed by atoms with Crippen molar-refractivity contribution in [1.29, 1.82) is 0 Å². The number of hydrogen-bond acceptors (Lipinski definition) is 3. The Balaban J connectivity index is 1.97. The molecule has 0 radical (unpaired) electrons. The van der Waals surface area contributed by atoms with Gasteiger partial charge in [-0.25, -0.2) is 0 Å². The molecule has 1 aromatic heterocycles. The third-order valence-electron chi connectivity index (χ3n) is 3.17. The first-order valence-electron chi connectivity index (χ1n) is 7.19. The van der Waals surface area contributed by atoms with Gasteiger partial charge in [-0.1, -0.05) is 6.07 Å². The van der Waals surface area contributed by atoms with Crippen molar-refractivity contribution in [2.75, 3.05) is 11.9 Å². The van der Waals surface area contributed by atoms with Crippen LogP contribution in [0.5, 0.6) is 5.75 Å². The molecule has 2 aromatic rings. The van der Waals surface area contributed by atoms with Crippen molar-refractivity contribution in [3.8, 4) is 5.75 Å². The fourth-order valence-corrected chi connectivity index (χ4v) is 2.21. The zero-order valence-corrected chi connectivity index (χ0v) is 13.1. The maximum absolute atomic E-state index is 11.9. The molecule has 5 heteroatoms. The predicted octanol–water partition coefficient (Wildman–Crippen LogP) is 2.50. The van der Waals surface area contributed by atoms with Gasteiger partial charge in [-0.05, 0) is 50.1 Å². The van der Waals surface area contributed by atoms with Gasteiger partial charge in [0.05, 0.1) is 5.69 Å². The van der Waals surface area contributed by atoms with Crippen LogP contribution < -0.4 is 15.6 Å². The van der Waals surface area contributed by atoms with E-state index in [4.69, 9.17) is 4.74 Å². The summed E-state index contributed by atoms with van der Waals surface area (Å²) in [4.78, 5) is 23.4. The van der Waals surface area contributed by atoms with E-state index in [9.17, 15) is 9.59 Å². The zero-order valence-electron chi connectivity index (χ0n) is 13.1. The smallest absolute Gasteiger partial charge is 0.262 e. The minimum Gasteiger partial charge on any atom is -0.484 e. The number of anilines is 1. The summed E-state index contributed by atoms with van der Waals surface area (Å²) in [6.07, 6.45) is 1.62. The van der Waals surface area contributed by atoms with Crippen LogP contribution in [0.15, 0.2) is 41.3 Å². The lowest BCUT2D eigenvalue weighted by Gasteiger charge is -2.10. The number of pyridine rings is 1. The molecule has 0 aliphatic rings. The molecule has 0 spiro atoms. The molecule has 0 saturated carbocycles. The van der Waals surface area contributed by atoms with Crippen molar-refractivity contribution in [2.24, 2.45) is 0 Å². The molecular weight excluding hydrogens is 280 g/mol. The monoisotopic (exact) mass is 300 g/mol. The Bertz CT molecular complexity index is 715. The molecule has 5 nitrogen and oxygen atoms in total. The van der Waals surface area contributed by atoms with E-state index in [1.807, 2.05) is 39.0 Å². The molecule has 1 amide bonds. The van der Waals surface area contributed by atoms with Gasteiger partial charge in [0, 0.05) is 18.8 Å². The molecule has 1 aromatic carbocycles. The highest BCUT2D eigenvalue weighted by Gasteiger charge is 2.05. The van der Waals surface area contributed by atoms with Gasteiger partial charge in [0.15, 0.2) is 6.61 Å². The lowest BCUT2D eigenvalue weighted by atomic mass is 10.1. The molecule has 0 saturated heterocycles. The number of nitrogens with one attached hydrogen (secondary N) is 1. The number of aryl methyl sites for hydroxylation is 3. The van der Waals surface area contributed by atoms with E-state index in [-0.39, 0.29) is 18.1 Å². The van der Waals surface area contributed by atoms with E-state index in [1.54, 1.807) is 12.3 Å². The number of carbonyl (C=O) groups is 1. The van der Waals surface area contributed by atoms with E-state index in [1.165, 1.54) is 10.6 Å². The number of ether oxygens (including phenoxy) is 1. The average Bonchev–Trinajstić information content (AvgIpc) is 2.46. The molecule has 0 atom stereocenters. The summed E-state index contributed by atoms with van der Waals surface area (Å²) < 4.78 is 7.03. The Morgan fingerprint density at radius 1 is 1.18 bits per heavy atom. The fraction of sp³-hybridized carbons (Fsp3) is 0.294. The average molecular weight is 300 g/mol. The van der Waals surface area contributed by atoms with Crippen LogP contribution in [0.4, 0.5) is 5.69 Å². The maximum Gasteiger partial charge on any atom is 0.262 e. The van der Waals surface area contributed by atoms with Gasteiger partial charge in [-0.2, -0.15) is 0 Å². The normalized spacial score (nSPS) is 10.3. The number of rotatable bonds is 5. The third kappa shape index (κ3) is 4.22. The van der Waals surface area contributed by atoms with Gasteiger partial charge in [0.25, 0.3) is 11.5 Å². The first-order valence-corrected chi connectivity index (χ1v) is 7.19. The van der Waals surface area contributed by atoms with Gasteiger partial charge < -0.3 is 14.6 Å². The topological polar surface area (TPSA) is 60.3 Å². The molecule has 116 valence electrons. The molecule has 1 N–H and O–H groups in total. The number of nitrogens with zero attached hydrogens (tertiary/aromatic N) is 1. The minimum atomic E-state index is -0.263. The van der Waals surface area contributed by atoms with Crippen molar-refractivity contribution in [3.05, 3.63) is 58.0 Å². The van der Waals surface area contributed by atoms with Crippen molar-refractivity contribution in [2.45, 2.75) is 27.3 Å². The van der Waals surface area contributed by atoms with Crippen molar-refractivity contribution >= 4 is 11.6 Å². The van der Waals surface area contributed by atoms with Crippen LogP contribution in [-0.2, 0) is 11.3 Å². The fourth-order valence-electron chi connectivity index (χ4n) is 2.21. The highest BCUT2D eigenvalue weighted by molar-refractivity contribution is 5.91. The Morgan fingerprint density at radius 2 is 1.86 bits per heavy atom. The molecule has 2 rings (SSSR count). The molecule has 1 heterocycles. The van der Waals surface area contributed by atoms with Crippen LogP contribution >= 0.6 is 0 Å². The summed E-state index contributed by atoms with van der Waals surface area (Å²) >= 11 is 0. The lowest BCUT2D eigenvalue weighted by Crippen LogP contribution is -2.23. The van der Waals surface area contributed by atoms with Gasteiger partial charge >= 0.3 is 0 Å². The van der Waals surface area contributed by atoms with Crippen molar-refractivity contribution in [1.82, 2.24) is 4.57 Å². The molecule has 0 unspecified atom stereocenters. The van der Waals surface area contributed by atoms with Crippen LogP contribution in [0.25, 0.3) is 0 Å². The molecule has 0 aliphatic heterocycles. The summed E-state index contributed by atoms with van der Waals surface area (Å²) in [5.41, 5.74) is 2.67. The van der Waals surface area contributed by atoms with Crippen LogP contribution in [0.3, 0.4) is 0 Å². The molecule has 0 aliphatic carbocycles. The first kappa shape index (κ1) is 15.8. The van der Waals surface area contributed by atoms with Crippen LogP contribution in [0, 0.1) is 13.8 Å². The first-order chi connectivity index (χ1) is 10.5. The summed E-state index contributed by atoms with van der Waals surface area (Å²) in [6, 6.07) is 8.84. The number of benzene rings is 1. The van der Waals surface area contributed by atoms with Gasteiger partial charge in [-0.3, -0.25) is 9.59 Å². The van der Waals surface area contributed by atoms with E-state index < -0.39 is 0 Å². The highest BCUT2D eigenvalue weighted by Crippen LogP contribution is 2.16. The van der Waals surface area contributed by atoms with Crippen LogP contribution in [0.2, 0.25) is 0 Å². The number of aromatic nitrogens is 1. The third-order valence-corrected chi connectivity index (χ3v) is 3.17. The Hall–Kier alpha value is -2.56. The SMILES string of the molecule is CCn1cc(NC(=O)COc2cc(C)cc(C)c2)ccc1=O. The van der Waals surface area contributed by atoms with Crippen molar-refractivity contribution in [3.63, 3.8) is 0 Å². The van der Waals surface area contributed by atoms with E-state index in [0.29, 0.717) is 18.0 Å². The predicted molar refractivity (Wildman–Crippen MR) is 86.4 cm³/mol. The summed E-state index contributed by atoms with van der Waals surface area (Å²) in [5.74, 6) is 0.409. The lowest BCUT2D eigenvalue weighted by molar-refractivity contribution is -0.118. The highest BCUT2D eigenvalue weighted by atomic mass is 16.5. The quantitative estimate of drug-likeness (QED) is 0.923. The summed E-state index contributed by atoms with van der Waals surface area (Å²) in [6.45, 7) is 6.31. The van der Waals surface area contributed by atoms with Crippen LogP contribution in [-0.4, -0.2) is 17.1 Å². The number of amides is 1. The van der Waals surface area contributed by atoms with E-state index in [2.05, 4.69) is 5.32 Å². The molecule has 22 heavy (non-hydrogen) atoms. The van der Waals surface area contributed by atoms with Crippen molar-refractivity contribution < 1.29 is 9.53 Å². The largest absolute Gasteiger partial charge is 0.484 e. The van der Waals surface area contributed by atoms with E-state index >= 15 is 0 Å². The van der Waals surface area contributed by atoms with Gasteiger partial charge in [0.2, 0.25) is 0 Å². The Morgan fingerprint density at radius 3 is 2.50 bits per heavy atom. The Kier molecular flexibility index (Phi) is 4.99. The van der Waals surface area contributed by atoms with E-state index in [0.717, 1.165) is 11.1 Å².